The second kappa shape index (κ2) is 6.25. The maximum atomic E-state index is 11.8. The zero-order valence-electron chi connectivity index (χ0n) is 13.1. The molecule has 0 bridgehead atoms. The van der Waals surface area contributed by atoms with E-state index in [0.29, 0.717) is 12.5 Å². The SMILES string of the molecule is Cc1ccc(=O)n(CC2CCN(c3nccnc3C)CC2)n1. The summed E-state index contributed by atoms with van der Waals surface area (Å²) in [5, 5.41) is 4.33. The summed E-state index contributed by atoms with van der Waals surface area (Å²) < 4.78 is 1.60. The van der Waals surface area contributed by atoms with Gasteiger partial charge in [0.15, 0.2) is 0 Å². The monoisotopic (exact) mass is 299 g/mol. The van der Waals surface area contributed by atoms with Crippen molar-refractivity contribution in [2.75, 3.05) is 18.0 Å². The number of nitrogens with zero attached hydrogens (tertiary/aromatic N) is 5. The molecule has 0 radical (unpaired) electrons. The van der Waals surface area contributed by atoms with Gasteiger partial charge in [0, 0.05) is 38.1 Å². The van der Waals surface area contributed by atoms with Crippen LogP contribution in [0.5, 0.6) is 0 Å². The highest BCUT2D eigenvalue weighted by molar-refractivity contribution is 5.42. The number of hydrogen-bond acceptors (Lipinski definition) is 5. The molecule has 1 aliphatic rings. The van der Waals surface area contributed by atoms with Crippen molar-refractivity contribution in [2.45, 2.75) is 33.2 Å². The van der Waals surface area contributed by atoms with Gasteiger partial charge in [0.25, 0.3) is 5.56 Å². The molecule has 1 aliphatic heterocycles. The van der Waals surface area contributed by atoms with Crippen molar-refractivity contribution in [2.24, 2.45) is 5.92 Å². The van der Waals surface area contributed by atoms with Crippen LogP contribution in [0.15, 0.2) is 29.3 Å². The molecule has 116 valence electrons. The highest BCUT2D eigenvalue weighted by Crippen LogP contribution is 2.23. The molecule has 6 heteroatoms. The average Bonchev–Trinajstić information content (AvgIpc) is 2.52. The summed E-state index contributed by atoms with van der Waals surface area (Å²) in [5.41, 5.74) is 1.84. The van der Waals surface area contributed by atoms with E-state index in [0.717, 1.165) is 43.1 Å². The van der Waals surface area contributed by atoms with Crippen molar-refractivity contribution in [3.8, 4) is 0 Å². The predicted molar refractivity (Wildman–Crippen MR) is 84.9 cm³/mol. The van der Waals surface area contributed by atoms with E-state index in [-0.39, 0.29) is 5.56 Å². The van der Waals surface area contributed by atoms with Crippen molar-refractivity contribution >= 4 is 5.82 Å². The standard InChI is InChI=1S/C16H21N5O/c1-12-3-4-15(22)21(19-12)11-14-5-9-20(10-6-14)16-13(2)17-7-8-18-16/h3-4,7-8,14H,5-6,9-11H2,1-2H3. The minimum absolute atomic E-state index is 0.0159. The fourth-order valence-electron chi connectivity index (χ4n) is 2.96. The molecule has 2 aromatic rings. The Bertz CT molecular complexity index is 704. The second-order valence-corrected chi connectivity index (χ2v) is 5.89. The van der Waals surface area contributed by atoms with Crippen LogP contribution in [0.1, 0.15) is 24.2 Å². The number of piperidine rings is 1. The molecule has 22 heavy (non-hydrogen) atoms. The van der Waals surface area contributed by atoms with Gasteiger partial charge in [0.05, 0.1) is 11.4 Å². The summed E-state index contributed by atoms with van der Waals surface area (Å²) in [6.45, 7) is 6.50. The third kappa shape index (κ3) is 3.16. The Hall–Kier alpha value is -2.24. The third-order valence-corrected chi connectivity index (χ3v) is 4.20. The minimum Gasteiger partial charge on any atom is -0.355 e. The van der Waals surface area contributed by atoms with Gasteiger partial charge in [0.2, 0.25) is 0 Å². The number of hydrogen-bond donors (Lipinski definition) is 0. The van der Waals surface area contributed by atoms with Gasteiger partial charge in [-0.3, -0.25) is 9.78 Å². The first-order valence-electron chi connectivity index (χ1n) is 7.71. The predicted octanol–water partition coefficient (Wildman–Crippen LogP) is 1.57. The van der Waals surface area contributed by atoms with Gasteiger partial charge in [-0.05, 0) is 38.7 Å². The number of aromatic nitrogens is 4. The van der Waals surface area contributed by atoms with E-state index in [4.69, 9.17) is 0 Å². The van der Waals surface area contributed by atoms with Crippen LogP contribution >= 0.6 is 0 Å². The Morgan fingerprint density at radius 3 is 2.59 bits per heavy atom. The first-order valence-corrected chi connectivity index (χ1v) is 7.71. The molecular formula is C16H21N5O. The first kappa shape index (κ1) is 14.7. The largest absolute Gasteiger partial charge is 0.355 e. The molecule has 0 saturated carbocycles. The lowest BCUT2D eigenvalue weighted by Gasteiger charge is -2.33. The van der Waals surface area contributed by atoms with Gasteiger partial charge in [0.1, 0.15) is 5.82 Å². The quantitative estimate of drug-likeness (QED) is 0.860. The van der Waals surface area contributed by atoms with Crippen molar-refractivity contribution in [1.82, 2.24) is 19.7 Å². The highest BCUT2D eigenvalue weighted by Gasteiger charge is 2.22. The topological polar surface area (TPSA) is 63.9 Å². The lowest BCUT2D eigenvalue weighted by Crippen LogP contribution is -2.37. The maximum absolute atomic E-state index is 11.8. The summed E-state index contributed by atoms with van der Waals surface area (Å²) in [4.78, 5) is 22.9. The lowest BCUT2D eigenvalue weighted by atomic mass is 9.96. The summed E-state index contributed by atoms with van der Waals surface area (Å²) in [7, 11) is 0. The van der Waals surface area contributed by atoms with E-state index in [9.17, 15) is 4.79 Å². The van der Waals surface area contributed by atoms with E-state index in [1.165, 1.54) is 0 Å². The zero-order valence-corrected chi connectivity index (χ0v) is 13.1. The number of anilines is 1. The second-order valence-electron chi connectivity index (χ2n) is 5.89. The van der Waals surface area contributed by atoms with Crippen LogP contribution in [0.3, 0.4) is 0 Å². The van der Waals surface area contributed by atoms with Crippen LogP contribution in [0.25, 0.3) is 0 Å². The fraction of sp³-hybridized carbons (Fsp3) is 0.500. The van der Waals surface area contributed by atoms with Crippen molar-refractivity contribution in [3.63, 3.8) is 0 Å². The van der Waals surface area contributed by atoms with Gasteiger partial charge in [-0.15, -0.1) is 0 Å². The molecule has 0 spiro atoms. The molecule has 0 unspecified atom stereocenters. The Labute approximate surface area is 129 Å². The van der Waals surface area contributed by atoms with E-state index in [1.807, 2.05) is 13.8 Å². The van der Waals surface area contributed by atoms with Gasteiger partial charge in [-0.2, -0.15) is 5.10 Å². The highest BCUT2D eigenvalue weighted by atomic mass is 16.1. The average molecular weight is 299 g/mol. The van der Waals surface area contributed by atoms with Gasteiger partial charge in [-0.25, -0.2) is 9.67 Å². The van der Waals surface area contributed by atoms with Crippen molar-refractivity contribution in [3.05, 3.63) is 46.3 Å². The normalized spacial score (nSPS) is 16.0. The van der Waals surface area contributed by atoms with Crippen molar-refractivity contribution in [1.29, 1.82) is 0 Å². The van der Waals surface area contributed by atoms with Gasteiger partial charge in [-0.1, -0.05) is 0 Å². The molecule has 6 nitrogen and oxygen atoms in total. The smallest absolute Gasteiger partial charge is 0.266 e. The van der Waals surface area contributed by atoms with Crippen LogP contribution in [-0.2, 0) is 6.54 Å². The molecule has 0 N–H and O–H groups in total. The van der Waals surface area contributed by atoms with Crippen molar-refractivity contribution < 1.29 is 0 Å². The maximum Gasteiger partial charge on any atom is 0.266 e. The molecule has 0 atom stereocenters. The fourth-order valence-corrected chi connectivity index (χ4v) is 2.96. The van der Waals surface area contributed by atoms with Crippen LogP contribution < -0.4 is 10.5 Å². The number of rotatable bonds is 3. The molecule has 3 heterocycles. The number of aryl methyl sites for hydroxylation is 2. The van der Waals surface area contributed by atoms with Crippen LogP contribution in [0.2, 0.25) is 0 Å². The van der Waals surface area contributed by atoms with Crippen LogP contribution in [0.4, 0.5) is 5.82 Å². The molecule has 1 fully saturated rings. The van der Waals surface area contributed by atoms with E-state index >= 15 is 0 Å². The summed E-state index contributed by atoms with van der Waals surface area (Å²) in [6, 6.07) is 3.36. The van der Waals surface area contributed by atoms with Crippen LogP contribution in [0, 0.1) is 19.8 Å². The molecule has 1 saturated heterocycles. The Balaban J connectivity index is 1.64. The summed E-state index contributed by atoms with van der Waals surface area (Å²) >= 11 is 0. The van der Waals surface area contributed by atoms with E-state index < -0.39 is 0 Å². The third-order valence-electron chi connectivity index (χ3n) is 4.20. The van der Waals surface area contributed by atoms with E-state index in [1.54, 1.807) is 29.2 Å². The zero-order chi connectivity index (χ0) is 15.5. The minimum atomic E-state index is -0.0159. The molecular weight excluding hydrogens is 278 g/mol. The summed E-state index contributed by atoms with van der Waals surface area (Å²) in [6.07, 6.45) is 5.54. The van der Waals surface area contributed by atoms with Gasteiger partial charge < -0.3 is 4.90 Å². The Morgan fingerprint density at radius 1 is 1.14 bits per heavy atom. The Kier molecular flexibility index (Phi) is 4.18. The molecule has 2 aromatic heterocycles. The first-order chi connectivity index (χ1) is 10.6. The van der Waals surface area contributed by atoms with E-state index in [2.05, 4.69) is 20.0 Å². The van der Waals surface area contributed by atoms with Gasteiger partial charge >= 0.3 is 0 Å². The molecule has 0 aliphatic carbocycles. The molecule has 0 amide bonds. The Morgan fingerprint density at radius 2 is 1.86 bits per heavy atom. The molecule has 0 aromatic carbocycles. The summed E-state index contributed by atoms with van der Waals surface area (Å²) in [5.74, 6) is 1.46. The lowest BCUT2D eigenvalue weighted by molar-refractivity contribution is 0.333. The molecule has 3 rings (SSSR count). The van der Waals surface area contributed by atoms with Crippen LogP contribution in [-0.4, -0.2) is 32.8 Å².